The van der Waals surface area contributed by atoms with E-state index in [-0.39, 0.29) is 5.56 Å². The number of fused-ring (bicyclic) bond motifs is 1. The van der Waals surface area contributed by atoms with E-state index in [0.717, 1.165) is 0 Å². The first-order valence-corrected chi connectivity index (χ1v) is 4.96. The van der Waals surface area contributed by atoms with Crippen LogP contribution in [-0.4, -0.2) is 29.6 Å². The highest BCUT2D eigenvalue weighted by atomic mass is 16.1. The van der Waals surface area contributed by atoms with E-state index in [1.807, 2.05) is 6.07 Å². The average Bonchev–Trinajstić information content (AvgIpc) is 2.76. The number of hydrogen-bond acceptors (Lipinski definition) is 5. The van der Waals surface area contributed by atoms with Gasteiger partial charge in [0.2, 0.25) is 0 Å². The number of aromatic nitrogens is 6. The van der Waals surface area contributed by atoms with Crippen molar-refractivity contribution in [1.82, 2.24) is 29.6 Å². The van der Waals surface area contributed by atoms with E-state index in [9.17, 15) is 4.79 Å². The molecule has 0 saturated heterocycles. The minimum Gasteiger partial charge on any atom is -0.268 e. The van der Waals surface area contributed by atoms with Crippen LogP contribution in [0, 0.1) is 0 Å². The molecule has 3 heterocycles. The first kappa shape index (κ1) is 9.64. The van der Waals surface area contributed by atoms with Crippen molar-refractivity contribution in [2.45, 2.75) is 0 Å². The first-order chi connectivity index (χ1) is 8.27. The highest BCUT2D eigenvalue weighted by molar-refractivity contribution is 5.54. The molecule has 17 heavy (non-hydrogen) atoms. The van der Waals surface area contributed by atoms with Crippen molar-refractivity contribution in [3.8, 4) is 11.4 Å². The fraction of sp³-hybridized carbons (Fsp3) is 0.100. The summed E-state index contributed by atoms with van der Waals surface area (Å²) in [6.45, 7) is 0. The summed E-state index contributed by atoms with van der Waals surface area (Å²) in [5.74, 6) is 0.403. The number of pyridine rings is 1. The van der Waals surface area contributed by atoms with Gasteiger partial charge in [-0.25, -0.2) is 9.67 Å². The van der Waals surface area contributed by atoms with Crippen LogP contribution in [-0.2, 0) is 7.05 Å². The third-order valence-corrected chi connectivity index (χ3v) is 2.47. The maximum atomic E-state index is 12.2. The lowest BCUT2D eigenvalue weighted by atomic mass is 10.3. The van der Waals surface area contributed by atoms with Gasteiger partial charge in [0.25, 0.3) is 5.56 Å². The SMILES string of the molecule is Cn1nnnc1-c1cnc2ccccn2c1=O. The van der Waals surface area contributed by atoms with Gasteiger partial charge in [0.15, 0.2) is 5.82 Å². The number of tetrazole rings is 1. The summed E-state index contributed by atoms with van der Waals surface area (Å²) in [7, 11) is 1.68. The molecule has 0 spiro atoms. The molecule has 0 aliphatic heterocycles. The van der Waals surface area contributed by atoms with Crippen LogP contribution in [0.2, 0.25) is 0 Å². The monoisotopic (exact) mass is 228 g/mol. The van der Waals surface area contributed by atoms with Gasteiger partial charge in [-0.2, -0.15) is 0 Å². The van der Waals surface area contributed by atoms with Crippen LogP contribution in [0.1, 0.15) is 0 Å². The summed E-state index contributed by atoms with van der Waals surface area (Å²) in [5, 5.41) is 11.0. The quantitative estimate of drug-likeness (QED) is 0.580. The fourth-order valence-corrected chi connectivity index (χ4v) is 1.64. The smallest absolute Gasteiger partial charge is 0.268 e. The molecule has 7 nitrogen and oxygen atoms in total. The van der Waals surface area contributed by atoms with Crippen molar-refractivity contribution in [2.75, 3.05) is 0 Å². The maximum Gasteiger partial charge on any atom is 0.269 e. The van der Waals surface area contributed by atoms with E-state index in [1.165, 1.54) is 15.3 Å². The minimum atomic E-state index is -0.187. The Hall–Kier alpha value is -2.57. The standard InChI is InChI=1S/C10H8N6O/c1-15-9(12-13-14-15)7-6-11-8-4-2-3-5-16(8)10(7)17/h2-6H,1H3. The molecule has 0 aliphatic rings. The summed E-state index contributed by atoms with van der Waals surface area (Å²) >= 11 is 0. The maximum absolute atomic E-state index is 12.2. The van der Waals surface area contributed by atoms with Gasteiger partial charge in [-0.1, -0.05) is 6.07 Å². The lowest BCUT2D eigenvalue weighted by molar-refractivity contribution is 0.714. The lowest BCUT2D eigenvalue weighted by Crippen LogP contribution is -2.17. The molecule has 0 unspecified atom stereocenters. The minimum absolute atomic E-state index is 0.187. The van der Waals surface area contributed by atoms with E-state index >= 15 is 0 Å². The molecule has 0 bridgehead atoms. The van der Waals surface area contributed by atoms with Crippen LogP contribution < -0.4 is 5.56 Å². The molecule has 7 heteroatoms. The van der Waals surface area contributed by atoms with E-state index in [0.29, 0.717) is 17.0 Å². The summed E-state index contributed by atoms with van der Waals surface area (Å²) in [5.41, 5.74) is 0.783. The van der Waals surface area contributed by atoms with Crippen molar-refractivity contribution in [2.24, 2.45) is 7.05 Å². The van der Waals surface area contributed by atoms with Crippen molar-refractivity contribution in [3.63, 3.8) is 0 Å². The molecule has 0 aliphatic carbocycles. The Bertz CT molecular complexity index is 744. The van der Waals surface area contributed by atoms with Crippen LogP contribution >= 0.6 is 0 Å². The number of rotatable bonds is 1. The largest absolute Gasteiger partial charge is 0.269 e. The molecule has 84 valence electrons. The highest BCUT2D eigenvalue weighted by Gasteiger charge is 2.12. The zero-order valence-corrected chi connectivity index (χ0v) is 8.98. The molecule has 0 aromatic carbocycles. The van der Waals surface area contributed by atoms with Crippen molar-refractivity contribution in [3.05, 3.63) is 40.9 Å². The summed E-state index contributed by atoms with van der Waals surface area (Å²) in [6.07, 6.45) is 3.15. The van der Waals surface area contributed by atoms with Gasteiger partial charge in [0.1, 0.15) is 11.2 Å². The van der Waals surface area contributed by atoms with Gasteiger partial charge < -0.3 is 0 Å². The van der Waals surface area contributed by atoms with Crippen molar-refractivity contribution >= 4 is 5.65 Å². The van der Waals surface area contributed by atoms with Gasteiger partial charge in [0, 0.05) is 19.4 Å². The molecule has 0 fully saturated rings. The molecule has 3 aromatic rings. The molecule has 0 atom stereocenters. The van der Waals surface area contributed by atoms with E-state index < -0.39 is 0 Å². The van der Waals surface area contributed by atoms with Crippen molar-refractivity contribution in [1.29, 1.82) is 0 Å². The average molecular weight is 228 g/mol. The van der Waals surface area contributed by atoms with Crippen LogP contribution in [0.4, 0.5) is 0 Å². The molecular weight excluding hydrogens is 220 g/mol. The number of hydrogen-bond donors (Lipinski definition) is 0. The highest BCUT2D eigenvalue weighted by Crippen LogP contribution is 2.08. The Labute approximate surface area is 95.3 Å². The summed E-state index contributed by atoms with van der Waals surface area (Å²) < 4.78 is 2.90. The Kier molecular flexibility index (Phi) is 1.97. The Morgan fingerprint density at radius 3 is 2.94 bits per heavy atom. The Balaban J connectivity index is 2.37. The molecule has 0 saturated carbocycles. The first-order valence-electron chi connectivity index (χ1n) is 4.96. The number of aryl methyl sites for hydroxylation is 1. The fourth-order valence-electron chi connectivity index (χ4n) is 1.64. The Morgan fingerprint density at radius 1 is 1.29 bits per heavy atom. The van der Waals surface area contributed by atoms with Crippen LogP contribution in [0.25, 0.3) is 17.0 Å². The van der Waals surface area contributed by atoms with Crippen LogP contribution in [0.5, 0.6) is 0 Å². The van der Waals surface area contributed by atoms with Crippen LogP contribution in [0.3, 0.4) is 0 Å². The predicted molar refractivity (Wildman–Crippen MR) is 59.3 cm³/mol. The van der Waals surface area contributed by atoms with E-state index in [4.69, 9.17) is 0 Å². The normalized spacial score (nSPS) is 10.9. The molecule has 3 aromatic heterocycles. The van der Waals surface area contributed by atoms with Gasteiger partial charge in [-0.05, 0) is 22.6 Å². The zero-order chi connectivity index (χ0) is 11.8. The molecule has 3 rings (SSSR count). The van der Waals surface area contributed by atoms with Crippen LogP contribution in [0.15, 0.2) is 35.4 Å². The second-order valence-corrected chi connectivity index (χ2v) is 3.53. The second-order valence-electron chi connectivity index (χ2n) is 3.53. The van der Waals surface area contributed by atoms with Gasteiger partial charge in [-0.15, -0.1) is 5.10 Å². The molecule has 0 N–H and O–H groups in total. The summed E-state index contributed by atoms with van der Waals surface area (Å²) in [4.78, 5) is 16.4. The summed E-state index contributed by atoms with van der Waals surface area (Å²) in [6, 6.07) is 5.36. The topological polar surface area (TPSA) is 78.0 Å². The van der Waals surface area contributed by atoms with E-state index in [1.54, 1.807) is 25.4 Å². The second kappa shape index (κ2) is 3.48. The molecular formula is C10H8N6O. The molecule has 0 radical (unpaired) electrons. The van der Waals surface area contributed by atoms with E-state index in [2.05, 4.69) is 20.5 Å². The van der Waals surface area contributed by atoms with Gasteiger partial charge in [-0.3, -0.25) is 9.20 Å². The predicted octanol–water partition coefficient (Wildman–Crippen LogP) is -0.115. The van der Waals surface area contributed by atoms with Gasteiger partial charge >= 0.3 is 0 Å². The third-order valence-electron chi connectivity index (χ3n) is 2.47. The lowest BCUT2D eigenvalue weighted by Gasteiger charge is -2.01. The zero-order valence-electron chi connectivity index (χ0n) is 8.98. The number of nitrogens with zero attached hydrogens (tertiary/aromatic N) is 6. The van der Waals surface area contributed by atoms with Gasteiger partial charge in [0.05, 0.1) is 0 Å². The Morgan fingerprint density at radius 2 is 2.18 bits per heavy atom. The van der Waals surface area contributed by atoms with Crippen molar-refractivity contribution < 1.29 is 0 Å². The third kappa shape index (κ3) is 1.40. The molecule has 0 amide bonds.